The molecule has 18 heavy (non-hydrogen) atoms. The van der Waals surface area contributed by atoms with Crippen molar-refractivity contribution in [2.75, 3.05) is 0 Å². The fourth-order valence-electron chi connectivity index (χ4n) is 3.13. The second kappa shape index (κ2) is 5.29. The van der Waals surface area contributed by atoms with Crippen molar-refractivity contribution >= 4 is 12.0 Å². The highest BCUT2D eigenvalue weighted by atomic mass is 16.4. The van der Waals surface area contributed by atoms with E-state index in [0.29, 0.717) is 12.3 Å². The van der Waals surface area contributed by atoms with E-state index < -0.39 is 6.09 Å². The zero-order valence-electron chi connectivity index (χ0n) is 12.1. The van der Waals surface area contributed by atoms with Crippen molar-refractivity contribution in [3.63, 3.8) is 0 Å². The molecule has 0 saturated carbocycles. The number of likely N-dealkylation sites (tertiary alicyclic amines) is 1. The summed E-state index contributed by atoms with van der Waals surface area (Å²) in [4.78, 5) is 24.3. The van der Waals surface area contributed by atoms with Crippen LogP contribution < -0.4 is 0 Å². The molecule has 1 rings (SSSR count). The van der Waals surface area contributed by atoms with Crippen LogP contribution in [-0.2, 0) is 4.79 Å². The van der Waals surface area contributed by atoms with Gasteiger partial charge in [0.1, 0.15) is 0 Å². The summed E-state index contributed by atoms with van der Waals surface area (Å²) in [5, 5.41) is 9.30. The molecule has 2 atom stereocenters. The first-order valence-corrected chi connectivity index (χ1v) is 6.69. The lowest BCUT2D eigenvalue weighted by Gasteiger charge is -2.46. The lowest BCUT2D eigenvalue weighted by molar-refractivity contribution is -0.139. The van der Waals surface area contributed by atoms with Crippen LogP contribution in [-0.4, -0.2) is 28.0 Å². The Bertz CT molecular complexity index is 330. The minimum atomic E-state index is -1.10. The van der Waals surface area contributed by atoms with E-state index >= 15 is 0 Å². The molecule has 1 fully saturated rings. The molecule has 0 aromatic carbocycles. The average molecular weight is 255 g/mol. The third-order valence-corrected chi connectivity index (χ3v) is 3.59. The lowest BCUT2D eigenvalue weighted by atomic mass is 9.71. The number of rotatable bonds is 2. The van der Waals surface area contributed by atoms with Crippen LogP contribution >= 0.6 is 0 Å². The van der Waals surface area contributed by atoms with E-state index in [1.807, 2.05) is 20.8 Å². The summed E-state index contributed by atoms with van der Waals surface area (Å²) in [5.41, 5.74) is -0.214. The Kier molecular flexibility index (Phi) is 4.41. The van der Waals surface area contributed by atoms with Gasteiger partial charge in [0.15, 0.2) is 0 Å². The van der Waals surface area contributed by atoms with E-state index in [1.54, 1.807) is 0 Å². The Labute approximate surface area is 109 Å². The molecule has 0 aromatic rings. The maximum Gasteiger partial charge on any atom is 0.414 e. The quantitative estimate of drug-likeness (QED) is 0.823. The summed E-state index contributed by atoms with van der Waals surface area (Å²) in [5.74, 6) is 0.546. The van der Waals surface area contributed by atoms with Crippen LogP contribution in [0.1, 0.15) is 53.9 Å². The van der Waals surface area contributed by atoms with Gasteiger partial charge in [-0.25, -0.2) is 9.69 Å². The van der Waals surface area contributed by atoms with Gasteiger partial charge in [0.2, 0.25) is 5.91 Å². The fourth-order valence-corrected chi connectivity index (χ4v) is 3.13. The summed E-state index contributed by atoms with van der Waals surface area (Å²) in [7, 11) is 0. The SMILES string of the molecule is CC(C)CC1CCC(=O)N(C(=O)O)C1C(C)(C)C. The molecule has 1 aliphatic rings. The Balaban J connectivity index is 3.06. The maximum atomic E-state index is 11.9. The van der Waals surface area contributed by atoms with Gasteiger partial charge in [-0.15, -0.1) is 0 Å². The van der Waals surface area contributed by atoms with Gasteiger partial charge in [-0.05, 0) is 30.1 Å². The number of piperidine rings is 1. The molecule has 4 heteroatoms. The molecule has 0 aromatic heterocycles. The maximum absolute atomic E-state index is 11.9. The first-order valence-electron chi connectivity index (χ1n) is 6.69. The first-order chi connectivity index (χ1) is 8.14. The van der Waals surface area contributed by atoms with Crippen LogP contribution in [0.15, 0.2) is 0 Å². The summed E-state index contributed by atoms with van der Waals surface area (Å²) in [6.07, 6.45) is 1.03. The highest BCUT2D eigenvalue weighted by Gasteiger charge is 2.45. The van der Waals surface area contributed by atoms with Crippen molar-refractivity contribution in [1.29, 1.82) is 0 Å². The number of amides is 2. The van der Waals surface area contributed by atoms with Crippen LogP contribution in [0, 0.1) is 17.3 Å². The second-order valence-electron chi connectivity index (χ2n) is 6.79. The Morgan fingerprint density at radius 1 is 1.44 bits per heavy atom. The van der Waals surface area contributed by atoms with Crippen molar-refractivity contribution in [1.82, 2.24) is 4.90 Å². The van der Waals surface area contributed by atoms with E-state index in [9.17, 15) is 14.7 Å². The molecular formula is C14H25NO3. The van der Waals surface area contributed by atoms with Crippen molar-refractivity contribution in [3.05, 3.63) is 0 Å². The average Bonchev–Trinajstić information content (AvgIpc) is 2.17. The summed E-state index contributed by atoms with van der Waals surface area (Å²) >= 11 is 0. The minimum absolute atomic E-state index is 0.210. The zero-order chi connectivity index (χ0) is 14.1. The van der Waals surface area contributed by atoms with Gasteiger partial charge in [-0.2, -0.15) is 0 Å². The molecule has 0 aliphatic carbocycles. The second-order valence-corrected chi connectivity index (χ2v) is 6.79. The molecular weight excluding hydrogens is 230 g/mol. The van der Waals surface area contributed by atoms with Gasteiger partial charge < -0.3 is 5.11 Å². The number of hydrogen-bond acceptors (Lipinski definition) is 2. The van der Waals surface area contributed by atoms with Gasteiger partial charge in [0, 0.05) is 6.42 Å². The molecule has 104 valence electrons. The van der Waals surface area contributed by atoms with Crippen LogP contribution in [0.3, 0.4) is 0 Å². The van der Waals surface area contributed by atoms with E-state index in [0.717, 1.165) is 17.7 Å². The Morgan fingerprint density at radius 2 is 2.00 bits per heavy atom. The highest BCUT2D eigenvalue weighted by Crippen LogP contribution is 2.39. The fraction of sp³-hybridized carbons (Fsp3) is 0.857. The Hall–Kier alpha value is -1.06. The molecule has 0 bridgehead atoms. The normalized spacial score (nSPS) is 25.7. The van der Waals surface area contributed by atoms with Crippen molar-refractivity contribution < 1.29 is 14.7 Å². The molecule has 1 N–H and O–H groups in total. The molecule has 1 heterocycles. The predicted octanol–water partition coefficient (Wildman–Crippen LogP) is 3.36. The summed E-state index contributed by atoms with van der Waals surface area (Å²) in [6, 6.07) is -0.210. The van der Waals surface area contributed by atoms with Crippen LogP contribution in [0.5, 0.6) is 0 Å². The minimum Gasteiger partial charge on any atom is -0.465 e. The van der Waals surface area contributed by atoms with E-state index in [2.05, 4.69) is 13.8 Å². The topological polar surface area (TPSA) is 57.6 Å². The summed E-state index contributed by atoms with van der Waals surface area (Å²) < 4.78 is 0. The monoisotopic (exact) mass is 255 g/mol. The number of carbonyl (C=O) groups excluding carboxylic acids is 1. The zero-order valence-corrected chi connectivity index (χ0v) is 12.1. The number of imide groups is 1. The predicted molar refractivity (Wildman–Crippen MR) is 70.3 cm³/mol. The number of carboxylic acid groups (broad SMARTS) is 1. The van der Waals surface area contributed by atoms with Gasteiger partial charge in [0.25, 0.3) is 0 Å². The highest BCUT2D eigenvalue weighted by molar-refractivity contribution is 5.92. The number of hydrogen-bond donors (Lipinski definition) is 1. The Morgan fingerprint density at radius 3 is 2.39 bits per heavy atom. The van der Waals surface area contributed by atoms with Gasteiger partial charge >= 0.3 is 6.09 Å². The number of carbonyl (C=O) groups is 2. The van der Waals surface area contributed by atoms with Gasteiger partial charge in [-0.1, -0.05) is 34.6 Å². The lowest BCUT2D eigenvalue weighted by Crippen LogP contribution is -2.56. The number of nitrogens with zero attached hydrogens (tertiary/aromatic N) is 1. The van der Waals surface area contributed by atoms with Crippen LogP contribution in [0.25, 0.3) is 0 Å². The van der Waals surface area contributed by atoms with Crippen LogP contribution in [0.2, 0.25) is 0 Å². The summed E-state index contributed by atoms with van der Waals surface area (Å²) in [6.45, 7) is 10.3. The standard InChI is InChI=1S/C14H25NO3/c1-9(2)8-10-6-7-11(16)15(13(17)18)12(10)14(3,4)5/h9-10,12H,6-8H2,1-5H3,(H,17,18). The third kappa shape index (κ3) is 3.24. The van der Waals surface area contributed by atoms with Crippen molar-refractivity contribution in [2.24, 2.45) is 17.3 Å². The molecule has 4 nitrogen and oxygen atoms in total. The van der Waals surface area contributed by atoms with Crippen molar-refractivity contribution in [2.45, 2.75) is 59.9 Å². The van der Waals surface area contributed by atoms with Gasteiger partial charge in [0.05, 0.1) is 6.04 Å². The van der Waals surface area contributed by atoms with Crippen molar-refractivity contribution in [3.8, 4) is 0 Å². The molecule has 0 radical (unpaired) electrons. The van der Waals surface area contributed by atoms with E-state index in [1.165, 1.54) is 0 Å². The molecule has 1 saturated heterocycles. The van der Waals surface area contributed by atoms with E-state index in [-0.39, 0.29) is 23.3 Å². The third-order valence-electron chi connectivity index (χ3n) is 3.59. The molecule has 0 spiro atoms. The smallest absolute Gasteiger partial charge is 0.414 e. The molecule has 1 aliphatic heterocycles. The van der Waals surface area contributed by atoms with E-state index in [4.69, 9.17) is 0 Å². The van der Waals surface area contributed by atoms with Crippen LogP contribution in [0.4, 0.5) is 4.79 Å². The van der Waals surface area contributed by atoms with Gasteiger partial charge in [-0.3, -0.25) is 4.79 Å². The largest absolute Gasteiger partial charge is 0.465 e. The first kappa shape index (κ1) is 15.0. The molecule has 2 unspecified atom stereocenters. The molecule has 2 amide bonds.